The van der Waals surface area contributed by atoms with Crippen molar-refractivity contribution in [3.05, 3.63) is 69.6 Å². The molecular weight excluding hydrogens is 777 g/mol. The van der Waals surface area contributed by atoms with E-state index in [0.29, 0.717) is 30.9 Å². The van der Waals surface area contributed by atoms with Crippen LogP contribution in [-0.4, -0.2) is 89.9 Å². The molecule has 0 saturated heterocycles. The zero-order valence-corrected chi connectivity index (χ0v) is 38.4. The van der Waals surface area contributed by atoms with Gasteiger partial charge in [-0.1, -0.05) is 58.2 Å². The summed E-state index contributed by atoms with van der Waals surface area (Å²) in [6.07, 6.45) is 18.2. The molecule has 0 unspecified atom stereocenters. The van der Waals surface area contributed by atoms with E-state index in [0.717, 1.165) is 44.1 Å². The van der Waals surface area contributed by atoms with Gasteiger partial charge in [-0.05, 0) is 126 Å². The fourth-order valence-electron chi connectivity index (χ4n) is 5.08. The third kappa shape index (κ3) is 29.3. The molecule has 0 aliphatic heterocycles. The number of amides is 4. The topological polar surface area (TPSA) is 172 Å². The number of carbonyl (C=O) groups excluding carboxylic acids is 4. The number of nitrogens with one attached hydrogen (secondary N) is 4. The number of carboxylic acid groups (broad SMARTS) is 1. The summed E-state index contributed by atoms with van der Waals surface area (Å²) in [6, 6.07) is -3.54. The van der Waals surface area contributed by atoms with E-state index in [9.17, 15) is 29.1 Å². The van der Waals surface area contributed by atoms with Crippen molar-refractivity contribution in [2.24, 2.45) is 0 Å². The first-order valence-corrected chi connectivity index (χ1v) is 22.6. The quantitative estimate of drug-likeness (QED) is 0.0212. The van der Waals surface area contributed by atoms with Crippen LogP contribution in [0.2, 0.25) is 0 Å². The number of hydrogen-bond acceptors (Lipinski definition) is 9. The van der Waals surface area contributed by atoms with Gasteiger partial charge < -0.3 is 35.8 Å². The molecule has 2 atom stereocenters. The third-order valence-corrected chi connectivity index (χ3v) is 10.5. The molecule has 0 rings (SSSR count). The fourth-order valence-corrected chi connectivity index (χ4v) is 7.14. The minimum atomic E-state index is -1.19. The Morgan fingerprint density at radius 2 is 1.14 bits per heavy atom. The van der Waals surface area contributed by atoms with Crippen LogP contribution in [0.1, 0.15) is 121 Å². The third-order valence-electron chi connectivity index (χ3n) is 8.51. The van der Waals surface area contributed by atoms with E-state index < -0.39 is 42.1 Å². The highest BCUT2D eigenvalue weighted by Gasteiger charge is 2.26. The molecule has 0 aliphatic rings. The van der Waals surface area contributed by atoms with Gasteiger partial charge in [0, 0.05) is 23.8 Å². The Labute approximate surface area is 357 Å². The van der Waals surface area contributed by atoms with Gasteiger partial charge in [0.25, 0.3) is 0 Å². The smallest absolute Gasteiger partial charge is 0.334 e. The minimum absolute atomic E-state index is 0.0227. The summed E-state index contributed by atoms with van der Waals surface area (Å²) >= 11 is 2.67. The molecule has 0 aliphatic carbocycles. The minimum Gasteiger partial charge on any atom is -0.480 e. The predicted octanol–water partition coefficient (Wildman–Crippen LogP) is 9.17. The van der Waals surface area contributed by atoms with E-state index >= 15 is 0 Å². The summed E-state index contributed by atoms with van der Waals surface area (Å²) in [6.45, 7) is 20.1. The molecule has 0 aromatic heterocycles. The summed E-state index contributed by atoms with van der Waals surface area (Å²) in [5, 5.41) is 19.8. The normalized spacial score (nSPS) is 13.3. The second-order valence-corrected chi connectivity index (χ2v) is 16.7. The number of thioether (sulfide) groups is 2. The molecule has 0 spiro atoms. The Morgan fingerprint density at radius 3 is 1.67 bits per heavy atom. The van der Waals surface area contributed by atoms with Gasteiger partial charge >= 0.3 is 30.0 Å². The first kappa shape index (κ1) is 54.1. The maximum atomic E-state index is 13.8. The van der Waals surface area contributed by atoms with E-state index in [1.54, 1.807) is 13.8 Å². The van der Waals surface area contributed by atoms with E-state index in [-0.39, 0.29) is 30.4 Å². The highest BCUT2D eigenvalue weighted by Crippen LogP contribution is 2.21. The fraction of sp³-hybridized carbons (Fsp3) is 0.614. The molecule has 0 heterocycles. The predicted molar refractivity (Wildman–Crippen MR) is 241 cm³/mol. The number of rotatable bonds is 29. The zero-order valence-electron chi connectivity index (χ0n) is 36.8. The van der Waals surface area contributed by atoms with Crippen molar-refractivity contribution in [2.45, 2.75) is 133 Å². The average Bonchev–Trinajstić information content (AvgIpc) is 3.14. The Hall–Kier alpha value is -3.91. The molecule has 0 fully saturated rings. The second-order valence-electron chi connectivity index (χ2n) is 14.6. The van der Waals surface area contributed by atoms with Crippen LogP contribution < -0.4 is 21.3 Å². The van der Waals surface area contributed by atoms with Gasteiger partial charge in [-0.25, -0.2) is 19.2 Å². The Balaban J connectivity index is 6.06. The van der Waals surface area contributed by atoms with Gasteiger partial charge in [0.05, 0.1) is 12.4 Å². The molecule has 0 radical (unpaired) electrons. The highest BCUT2D eigenvalue weighted by atomic mass is 32.2. The molecule has 0 aromatic carbocycles. The molecule has 5 N–H and O–H groups in total. The van der Waals surface area contributed by atoms with Crippen molar-refractivity contribution >= 4 is 53.5 Å². The Bertz CT molecular complexity index is 1490. The number of carbonyl (C=O) groups is 5. The van der Waals surface area contributed by atoms with E-state index in [1.165, 1.54) is 51.4 Å². The number of aliphatic carboxylic acids is 1. The molecule has 12 nitrogen and oxygen atoms in total. The van der Waals surface area contributed by atoms with Crippen LogP contribution >= 0.6 is 23.5 Å². The van der Waals surface area contributed by atoms with Crippen molar-refractivity contribution in [1.29, 1.82) is 0 Å². The summed E-state index contributed by atoms with van der Waals surface area (Å²) in [5.74, 6) is -1.14. The molecule has 58 heavy (non-hydrogen) atoms. The van der Waals surface area contributed by atoms with Crippen molar-refractivity contribution in [1.82, 2.24) is 21.3 Å². The molecule has 14 heteroatoms. The summed E-state index contributed by atoms with van der Waals surface area (Å²) < 4.78 is 10.9. The number of allylic oxidation sites excluding steroid dienone is 10. The second kappa shape index (κ2) is 33.0. The standard InChI is InChI=1S/C44H72N4O8S2/c1-11-45-43(53)47-37(41(50)51)28-58-30-39(36(10)24-16-23-34(8)20-14-18-32(5)6)56-42(52)38(48-44(54)46-27-40(49)55-12-2)29-57-26-25-35(9)22-15-21-33(7)19-13-17-31(3)4/h17-18,21,23,25,37-38H,11-16,19-20,22,24,26-30H2,1-10H3,(H,50,51)(H2,45,47,53)(H2,46,48,54)/b33-21+,34-23+,35-25+,39-36-/t37-,38-/m0/s1. The van der Waals surface area contributed by atoms with Crippen LogP contribution in [0.3, 0.4) is 0 Å². The lowest BCUT2D eigenvalue weighted by molar-refractivity contribution is -0.142. The lowest BCUT2D eigenvalue weighted by atomic mass is 10.1. The first-order valence-electron chi connectivity index (χ1n) is 20.2. The van der Waals surface area contributed by atoms with E-state index in [2.05, 4.69) is 100 Å². The average molecular weight is 849 g/mol. The first-order chi connectivity index (χ1) is 27.5. The van der Waals surface area contributed by atoms with Gasteiger partial charge in [-0.2, -0.15) is 23.5 Å². The number of ether oxygens (including phenoxy) is 2. The van der Waals surface area contributed by atoms with E-state index in [4.69, 9.17) is 9.47 Å². The number of carboxylic acids is 1. The summed E-state index contributed by atoms with van der Waals surface area (Å²) in [7, 11) is 0. The van der Waals surface area contributed by atoms with Crippen molar-refractivity contribution in [2.75, 3.05) is 42.7 Å². The van der Waals surface area contributed by atoms with Crippen LogP contribution in [0.5, 0.6) is 0 Å². The lowest BCUT2D eigenvalue weighted by Gasteiger charge is -2.20. The van der Waals surface area contributed by atoms with Gasteiger partial charge in [0.2, 0.25) is 0 Å². The number of hydrogen-bond donors (Lipinski definition) is 5. The van der Waals surface area contributed by atoms with Gasteiger partial charge in [0.1, 0.15) is 24.4 Å². The number of esters is 2. The van der Waals surface area contributed by atoms with Crippen molar-refractivity contribution in [3.8, 4) is 0 Å². The molecule has 328 valence electrons. The largest absolute Gasteiger partial charge is 0.480 e. The van der Waals surface area contributed by atoms with Gasteiger partial charge in [0.15, 0.2) is 0 Å². The molecule has 0 aromatic rings. The van der Waals surface area contributed by atoms with Crippen LogP contribution in [-0.2, 0) is 23.9 Å². The molecular formula is C44H72N4O8S2. The van der Waals surface area contributed by atoms with Crippen LogP contribution in [0, 0.1) is 0 Å². The van der Waals surface area contributed by atoms with Crippen molar-refractivity contribution < 1.29 is 38.6 Å². The van der Waals surface area contributed by atoms with Gasteiger partial charge in [-0.3, -0.25) is 4.79 Å². The van der Waals surface area contributed by atoms with E-state index in [1.807, 2.05) is 6.92 Å². The molecule has 4 amide bonds. The SMILES string of the molecule is CCNC(=O)N[C@@H](CSC/C(OC(=O)[C@H](CSC/C=C(\C)CC/C=C(\C)CCC=C(C)C)NC(=O)NCC(=O)OCC)=C(\C)CC/C=C(\C)CCC=C(C)C)C(=O)O. The zero-order chi connectivity index (χ0) is 43.9. The number of urea groups is 2. The highest BCUT2D eigenvalue weighted by molar-refractivity contribution is 7.99. The van der Waals surface area contributed by atoms with Crippen LogP contribution in [0.15, 0.2) is 69.6 Å². The Kier molecular flexibility index (Phi) is 30.8. The van der Waals surface area contributed by atoms with Crippen LogP contribution in [0.4, 0.5) is 9.59 Å². The van der Waals surface area contributed by atoms with Crippen LogP contribution in [0.25, 0.3) is 0 Å². The molecule has 0 saturated carbocycles. The Morgan fingerprint density at radius 1 is 0.638 bits per heavy atom. The maximum absolute atomic E-state index is 13.8. The monoisotopic (exact) mass is 848 g/mol. The summed E-state index contributed by atoms with van der Waals surface area (Å²) in [4.78, 5) is 62.6. The van der Waals surface area contributed by atoms with Crippen molar-refractivity contribution in [3.63, 3.8) is 0 Å². The maximum Gasteiger partial charge on any atom is 0.334 e. The lowest BCUT2D eigenvalue weighted by Crippen LogP contribution is -2.49. The molecule has 0 bridgehead atoms. The summed E-state index contributed by atoms with van der Waals surface area (Å²) in [5.41, 5.74) is 7.25. The van der Waals surface area contributed by atoms with Gasteiger partial charge in [-0.15, -0.1) is 0 Å².